The van der Waals surface area contributed by atoms with Crippen molar-refractivity contribution in [2.45, 2.75) is 102 Å². The highest BCUT2D eigenvalue weighted by molar-refractivity contribution is 5.98. The van der Waals surface area contributed by atoms with Gasteiger partial charge in [-0.2, -0.15) is 0 Å². The molecule has 8 nitrogen and oxygen atoms in total. The molecule has 0 aromatic carbocycles. The first-order valence-corrected chi connectivity index (χ1v) is 13.5. The van der Waals surface area contributed by atoms with Crippen LogP contribution in [0.15, 0.2) is 25.3 Å². The number of ether oxygens (including phenoxy) is 2. The predicted molar refractivity (Wildman–Crippen MR) is 137 cm³/mol. The number of esters is 1. The Morgan fingerprint density at radius 3 is 2.53 bits per heavy atom. The number of hydrogen-bond acceptors (Lipinski definition) is 6. The van der Waals surface area contributed by atoms with Crippen LogP contribution in [0.2, 0.25) is 0 Å². The van der Waals surface area contributed by atoms with Crippen LogP contribution in [0.4, 0.5) is 0 Å². The molecule has 1 spiro atoms. The van der Waals surface area contributed by atoms with E-state index in [1.807, 2.05) is 33.8 Å². The predicted octanol–water partition coefficient (Wildman–Crippen LogP) is 3.23. The molecule has 0 aromatic rings. The Kier molecular flexibility index (Phi) is 9.04. The molecule has 2 bridgehead atoms. The van der Waals surface area contributed by atoms with Gasteiger partial charge in [-0.05, 0) is 58.8 Å². The minimum Gasteiger partial charge on any atom is -0.465 e. The standard InChI is InChI=1S/C28H44N2O6/c1-7-11-12-13-17-35-26(34)22-21-24(32)30(20(9-3)18-31)23(25(33)29(16-8-2)19(5)6)28(21)15-14-27(22,10-4)36-28/h7-8,19-23,31H,1-2,9-18H2,3-6H3/t20-,21-,22+,23?,27-,28?/m0/s1. The van der Waals surface area contributed by atoms with Crippen LogP contribution in [0.25, 0.3) is 0 Å². The van der Waals surface area contributed by atoms with Gasteiger partial charge in [-0.15, -0.1) is 13.2 Å². The monoisotopic (exact) mass is 504 g/mol. The van der Waals surface area contributed by atoms with Gasteiger partial charge < -0.3 is 24.4 Å². The van der Waals surface area contributed by atoms with E-state index in [9.17, 15) is 19.5 Å². The van der Waals surface area contributed by atoms with Crippen molar-refractivity contribution in [1.29, 1.82) is 0 Å². The number of likely N-dealkylation sites (tertiary alicyclic amines) is 1. The van der Waals surface area contributed by atoms with Crippen LogP contribution in [0, 0.1) is 11.8 Å². The maximum Gasteiger partial charge on any atom is 0.312 e. The molecule has 0 aromatic heterocycles. The highest BCUT2D eigenvalue weighted by atomic mass is 16.6. The molecule has 3 aliphatic rings. The van der Waals surface area contributed by atoms with Gasteiger partial charge in [-0.25, -0.2) is 0 Å². The summed E-state index contributed by atoms with van der Waals surface area (Å²) in [6, 6.07) is -1.57. The molecule has 6 atom stereocenters. The van der Waals surface area contributed by atoms with E-state index in [-0.39, 0.29) is 31.1 Å². The van der Waals surface area contributed by atoms with Crippen molar-refractivity contribution in [3.05, 3.63) is 25.3 Å². The van der Waals surface area contributed by atoms with E-state index in [0.29, 0.717) is 32.2 Å². The first kappa shape index (κ1) is 28.4. The van der Waals surface area contributed by atoms with Crippen molar-refractivity contribution in [1.82, 2.24) is 9.80 Å². The van der Waals surface area contributed by atoms with Crippen molar-refractivity contribution >= 4 is 17.8 Å². The third-order valence-corrected chi connectivity index (χ3v) is 8.46. The van der Waals surface area contributed by atoms with Crippen molar-refractivity contribution in [3.8, 4) is 0 Å². The molecule has 2 amide bonds. The average molecular weight is 505 g/mol. The second-order valence-corrected chi connectivity index (χ2v) is 10.6. The molecule has 8 heteroatoms. The fourth-order valence-corrected chi connectivity index (χ4v) is 6.61. The van der Waals surface area contributed by atoms with Crippen LogP contribution in [-0.4, -0.2) is 81.8 Å². The fourth-order valence-electron chi connectivity index (χ4n) is 6.61. The van der Waals surface area contributed by atoms with Gasteiger partial charge in [0.1, 0.15) is 17.6 Å². The van der Waals surface area contributed by atoms with Gasteiger partial charge in [0.2, 0.25) is 11.8 Å². The number of unbranched alkanes of at least 4 members (excludes halogenated alkanes) is 2. The van der Waals surface area contributed by atoms with E-state index in [0.717, 1.165) is 19.3 Å². The molecular weight excluding hydrogens is 460 g/mol. The third-order valence-electron chi connectivity index (χ3n) is 8.46. The van der Waals surface area contributed by atoms with Crippen LogP contribution < -0.4 is 0 Å². The minimum absolute atomic E-state index is 0.118. The van der Waals surface area contributed by atoms with Crippen LogP contribution >= 0.6 is 0 Å². The number of aliphatic hydroxyl groups is 1. The number of nitrogens with zero attached hydrogens (tertiary/aromatic N) is 2. The lowest BCUT2D eigenvalue weighted by Gasteiger charge is -2.40. The highest BCUT2D eigenvalue weighted by Crippen LogP contribution is 2.65. The van der Waals surface area contributed by atoms with Crippen LogP contribution in [0.1, 0.15) is 72.6 Å². The molecule has 202 valence electrons. The van der Waals surface area contributed by atoms with Crippen molar-refractivity contribution in [2.75, 3.05) is 19.8 Å². The molecule has 1 N–H and O–H groups in total. The van der Waals surface area contributed by atoms with E-state index in [1.54, 1.807) is 11.0 Å². The molecule has 3 rings (SSSR count). The molecule has 36 heavy (non-hydrogen) atoms. The largest absolute Gasteiger partial charge is 0.465 e. The summed E-state index contributed by atoms with van der Waals surface area (Å²) in [7, 11) is 0. The first-order valence-electron chi connectivity index (χ1n) is 13.5. The number of carbonyl (C=O) groups is 3. The van der Waals surface area contributed by atoms with E-state index < -0.39 is 41.1 Å². The van der Waals surface area contributed by atoms with E-state index in [2.05, 4.69) is 13.2 Å². The summed E-state index contributed by atoms with van der Waals surface area (Å²) in [5.74, 6) is -2.52. The van der Waals surface area contributed by atoms with Gasteiger partial charge in [0, 0.05) is 12.6 Å². The van der Waals surface area contributed by atoms with E-state index >= 15 is 0 Å². The van der Waals surface area contributed by atoms with Gasteiger partial charge in [-0.1, -0.05) is 26.0 Å². The molecule has 3 heterocycles. The van der Waals surface area contributed by atoms with Gasteiger partial charge in [0.25, 0.3) is 0 Å². The Bertz CT molecular complexity index is 855. The average Bonchev–Trinajstić information content (AvgIpc) is 3.46. The molecule has 2 unspecified atom stereocenters. The SMILES string of the molecule is C=CCCCCOC(=O)[C@H]1[C@H]2C(=O)N([C@@H](CC)CO)C(C(=O)N(CC=C)C(C)C)C23CC[C@]1(CC)O3. The van der Waals surface area contributed by atoms with Crippen LogP contribution in [0.3, 0.4) is 0 Å². The smallest absolute Gasteiger partial charge is 0.312 e. The fraction of sp³-hybridized carbons (Fsp3) is 0.750. The summed E-state index contributed by atoms with van der Waals surface area (Å²) >= 11 is 0. The lowest BCUT2D eigenvalue weighted by atomic mass is 9.65. The number of hydrogen-bond donors (Lipinski definition) is 1. The topological polar surface area (TPSA) is 96.4 Å². The van der Waals surface area contributed by atoms with Crippen LogP contribution in [0.5, 0.6) is 0 Å². The second kappa shape index (κ2) is 11.5. The van der Waals surface area contributed by atoms with Gasteiger partial charge in [-0.3, -0.25) is 14.4 Å². The number of aliphatic hydroxyl groups excluding tert-OH is 1. The summed E-state index contributed by atoms with van der Waals surface area (Å²) in [4.78, 5) is 45.0. The zero-order valence-corrected chi connectivity index (χ0v) is 22.4. The highest BCUT2D eigenvalue weighted by Gasteiger charge is 2.79. The number of rotatable bonds is 14. The minimum atomic E-state index is -1.12. The molecule has 3 aliphatic heterocycles. The number of fused-ring (bicyclic) bond motifs is 1. The maximum atomic E-state index is 14.1. The number of allylic oxidation sites excluding steroid dienone is 1. The van der Waals surface area contributed by atoms with Gasteiger partial charge in [0.05, 0.1) is 30.8 Å². The normalized spacial score (nSPS) is 31.4. The lowest BCUT2D eigenvalue weighted by molar-refractivity contribution is -0.164. The lowest BCUT2D eigenvalue weighted by Crippen LogP contribution is -2.59. The second-order valence-electron chi connectivity index (χ2n) is 10.6. The van der Waals surface area contributed by atoms with Gasteiger partial charge in [0.15, 0.2) is 0 Å². The molecule has 3 fully saturated rings. The van der Waals surface area contributed by atoms with Gasteiger partial charge >= 0.3 is 5.97 Å². The summed E-state index contributed by atoms with van der Waals surface area (Å²) in [5.41, 5.74) is -1.95. The summed E-state index contributed by atoms with van der Waals surface area (Å²) in [6.07, 6.45) is 8.07. The van der Waals surface area contributed by atoms with E-state index in [4.69, 9.17) is 9.47 Å². The Balaban J connectivity index is 2.03. The molecule has 0 radical (unpaired) electrons. The third kappa shape index (κ3) is 4.51. The Labute approximate surface area is 215 Å². The number of carbonyl (C=O) groups excluding carboxylic acids is 3. The van der Waals surface area contributed by atoms with Crippen molar-refractivity contribution in [2.24, 2.45) is 11.8 Å². The van der Waals surface area contributed by atoms with Crippen molar-refractivity contribution in [3.63, 3.8) is 0 Å². The Morgan fingerprint density at radius 1 is 1.25 bits per heavy atom. The zero-order chi connectivity index (χ0) is 26.7. The van der Waals surface area contributed by atoms with Crippen LogP contribution in [-0.2, 0) is 23.9 Å². The molecule has 3 saturated heterocycles. The Morgan fingerprint density at radius 2 is 1.97 bits per heavy atom. The number of amides is 2. The molecule has 0 saturated carbocycles. The first-order chi connectivity index (χ1) is 17.2. The van der Waals surface area contributed by atoms with Crippen molar-refractivity contribution < 1.29 is 29.0 Å². The summed E-state index contributed by atoms with van der Waals surface area (Å²) < 4.78 is 12.4. The molecular formula is C28H44N2O6. The quantitative estimate of drug-likeness (QED) is 0.222. The maximum absolute atomic E-state index is 14.1. The summed E-state index contributed by atoms with van der Waals surface area (Å²) in [5, 5.41) is 10.2. The van der Waals surface area contributed by atoms with E-state index in [1.165, 1.54) is 4.90 Å². The zero-order valence-electron chi connectivity index (χ0n) is 22.4. The Hall–Kier alpha value is -2.19. The summed E-state index contributed by atoms with van der Waals surface area (Å²) in [6.45, 7) is 15.6. The molecule has 0 aliphatic carbocycles.